The SMILES string of the molecule is O=C1C2C3C=CC(C2C(=O)N1c1ccc(Br)cc1)N(C(=O)OCc1ccccc1)C3. The van der Waals surface area contributed by atoms with Crippen LogP contribution in [0, 0.1) is 17.8 Å². The third-order valence-electron chi connectivity index (χ3n) is 6.07. The fraction of sp³-hybridized carbons (Fsp3) is 0.261. The van der Waals surface area contributed by atoms with Gasteiger partial charge >= 0.3 is 6.09 Å². The number of halogens is 1. The molecule has 0 spiro atoms. The molecule has 0 radical (unpaired) electrons. The predicted molar refractivity (Wildman–Crippen MR) is 113 cm³/mol. The minimum atomic E-state index is -0.575. The quantitative estimate of drug-likeness (QED) is 0.510. The normalized spacial score (nSPS) is 26.8. The Morgan fingerprint density at radius 1 is 0.967 bits per heavy atom. The zero-order valence-corrected chi connectivity index (χ0v) is 17.6. The van der Waals surface area contributed by atoms with Gasteiger partial charge in [0.05, 0.1) is 23.6 Å². The van der Waals surface area contributed by atoms with Crippen molar-refractivity contribution in [1.82, 2.24) is 4.90 Å². The number of nitrogens with zero attached hydrogens (tertiary/aromatic N) is 2. The van der Waals surface area contributed by atoms with Crippen molar-refractivity contribution in [3.05, 3.63) is 76.8 Å². The molecule has 3 amide bonds. The fourth-order valence-corrected chi connectivity index (χ4v) is 4.95. The molecular weight excluding hydrogens is 448 g/mol. The predicted octanol–water partition coefficient (Wildman–Crippen LogP) is 3.76. The van der Waals surface area contributed by atoms with Crippen LogP contribution in [-0.2, 0) is 20.9 Å². The van der Waals surface area contributed by atoms with Crippen LogP contribution in [0.1, 0.15) is 5.56 Å². The van der Waals surface area contributed by atoms with Crippen LogP contribution < -0.4 is 4.90 Å². The van der Waals surface area contributed by atoms with Crippen LogP contribution in [0.5, 0.6) is 0 Å². The first-order chi connectivity index (χ1) is 14.5. The molecule has 30 heavy (non-hydrogen) atoms. The summed E-state index contributed by atoms with van der Waals surface area (Å²) in [5, 5.41) is 0. The highest BCUT2D eigenvalue weighted by Gasteiger charge is 2.60. The van der Waals surface area contributed by atoms with E-state index < -0.39 is 24.0 Å². The number of carbonyl (C=O) groups excluding carboxylic acids is 3. The van der Waals surface area contributed by atoms with E-state index in [1.807, 2.05) is 42.5 Å². The van der Waals surface area contributed by atoms with E-state index >= 15 is 0 Å². The third kappa shape index (κ3) is 3.04. The molecule has 1 aliphatic carbocycles. The summed E-state index contributed by atoms with van der Waals surface area (Å²) < 4.78 is 6.37. The molecule has 0 saturated carbocycles. The number of rotatable bonds is 3. The van der Waals surface area contributed by atoms with Crippen molar-refractivity contribution in [1.29, 1.82) is 0 Å². The Hall–Kier alpha value is -2.93. The van der Waals surface area contributed by atoms with Gasteiger partial charge in [-0.05, 0) is 29.8 Å². The van der Waals surface area contributed by atoms with Crippen molar-refractivity contribution in [3.63, 3.8) is 0 Å². The Balaban J connectivity index is 1.37. The van der Waals surface area contributed by atoms with Gasteiger partial charge in [-0.25, -0.2) is 9.69 Å². The summed E-state index contributed by atoms with van der Waals surface area (Å²) in [4.78, 5) is 42.0. The van der Waals surface area contributed by atoms with Crippen molar-refractivity contribution in [2.24, 2.45) is 17.8 Å². The van der Waals surface area contributed by atoms with E-state index in [0.717, 1.165) is 10.0 Å². The van der Waals surface area contributed by atoms with Crippen molar-refractivity contribution in [2.75, 3.05) is 11.4 Å². The molecular formula is C23H19BrN2O4. The summed E-state index contributed by atoms with van der Waals surface area (Å²) in [7, 11) is 0. The van der Waals surface area contributed by atoms with Crippen LogP contribution in [0.2, 0.25) is 0 Å². The van der Waals surface area contributed by atoms with Gasteiger partial charge < -0.3 is 9.64 Å². The van der Waals surface area contributed by atoms with Crippen LogP contribution in [0.3, 0.4) is 0 Å². The van der Waals surface area contributed by atoms with Gasteiger partial charge in [-0.2, -0.15) is 0 Å². The number of piperidine rings is 1. The van der Waals surface area contributed by atoms with Gasteiger partial charge in [0.15, 0.2) is 0 Å². The number of amides is 3. The van der Waals surface area contributed by atoms with E-state index in [-0.39, 0.29) is 24.3 Å². The lowest BCUT2D eigenvalue weighted by atomic mass is 9.70. The number of anilines is 1. The zero-order valence-electron chi connectivity index (χ0n) is 16.0. The van der Waals surface area contributed by atoms with Gasteiger partial charge in [-0.15, -0.1) is 0 Å². The van der Waals surface area contributed by atoms with Crippen molar-refractivity contribution in [2.45, 2.75) is 12.6 Å². The van der Waals surface area contributed by atoms with Gasteiger partial charge in [-0.3, -0.25) is 9.59 Å². The van der Waals surface area contributed by atoms with Crippen LogP contribution in [0.25, 0.3) is 0 Å². The summed E-state index contributed by atoms with van der Waals surface area (Å²) in [5.41, 5.74) is 1.45. The maximum absolute atomic E-state index is 13.3. The van der Waals surface area contributed by atoms with E-state index in [4.69, 9.17) is 4.74 Å². The smallest absolute Gasteiger partial charge is 0.410 e. The number of benzene rings is 2. The molecule has 3 aliphatic heterocycles. The van der Waals surface area contributed by atoms with Gasteiger partial charge in [0.25, 0.3) is 0 Å². The van der Waals surface area contributed by atoms with Gasteiger partial charge in [0.2, 0.25) is 11.8 Å². The standard InChI is InChI=1S/C23H19BrN2O4/c24-16-7-9-17(10-8-16)26-21(27)19-15-6-11-18(20(19)22(26)28)25(12-15)23(29)30-13-14-4-2-1-3-5-14/h1-11,15,18-20H,12-13H2. The molecule has 2 fully saturated rings. The number of carbonyl (C=O) groups is 3. The molecule has 152 valence electrons. The first-order valence-electron chi connectivity index (χ1n) is 9.83. The molecule has 4 atom stereocenters. The van der Waals surface area contributed by atoms with E-state index in [2.05, 4.69) is 15.9 Å². The highest BCUT2D eigenvalue weighted by molar-refractivity contribution is 9.10. The summed E-state index contributed by atoms with van der Waals surface area (Å²) >= 11 is 3.37. The second kappa shape index (κ2) is 7.40. The summed E-state index contributed by atoms with van der Waals surface area (Å²) in [6.07, 6.45) is 3.37. The molecule has 4 unspecified atom stereocenters. The fourth-order valence-electron chi connectivity index (χ4n) is 4.68. The van der Waals surface area contributed by atoms with Crippen LogP contribution in [0.4, 0.5) is 10.5 Å². The van der Waals surface area contributed by atoms with Crippen LogP contribution >= 0.6 is 15.9 Å². The lowest BCUT2D eigenvalue weighted by molar-refractivity contribution is -0.126. The number of hydrogen-bond donors (Lipinski definition) is 0. The molecule has 2 aromatic carbocycles. The Morgan fingerprint density at radius 2 is 1.67 bits per heavy atom. The van der Waals surface area contributed by atoms with E-state index in [0.29, 0.717) is 12.2 Å². The monoisotopic (exact) mass is 466 g/mol. The lowest BCUT2D eigenvalue weighted by Crippen LogP contribution is -2.58. The molecule has 7 heteroatoms. The number of ether oxygens (including phenoxy) is 1. The maximum Gasteiger partial charge on any atom is 0.410 e. The number of imide groups is 1. The topological polar surface area (TPSA) is 66.9 Å². The van der Waals surface area contributed by atoms with Crippen molar-refractivity contribution in [3.8, 4) is 0 Å². The molecule has 6 rings (SSSR count). The van der Waals surface area contributed by atoms with E-state index in [1.54, 1.807) is 29.2 Å². The second-order valence-corrected chi connectivity index (χ2v) is 8.69. The average molecular weight is 467 g/mol. The zero-order chi connectivity index (χ0) is 20.8. The highest BCUT2D eigenvalue weighted by atomic mass is 79.9. The average Bonchev–Trinajstić information content (AvgIpc) is 3.06. The Labute approximate surface area is 182 Å². The first kappa shape index (κ1) is 19.1. The second-order valence-electron chi connectivity index (χ2n) is 7.77. The molecule has 2 bridgehead atoms. The Kier molecular flexibility index (Phi) is 4.70. The molecule has 0 aromatic heterocycles. The lowest BCUT2D eigenvalue weighted by Gasteiger charge is -2.45. The molecule has 6 nitrogen and oxygen atoms in total. The Morgan fingerprint density at radius 3 is 2.40 bits per heavy atom. The largest absolute Gasteiger partial charge is 0.445 e. The third-order valence-corrected chi connectivity index (χ3v) is 6.60. The van der Waals surface area contributed by atoms with Gasteiger partial charge in [-0.1, -0.05) is 58.4 Å². The molecule has 4 aliphatic rings. The van der Waals surface area contributed by atoms with Gasteiger partial charge in [0.1, 0.15) is 6.61 Å². The minimum Gasteiger partial charge on any atom is -0.445 e. The number of fused-ring (bicyclic) bond motifs is 1. The van der Waals surface area contributed by atoms with E-state index in [9.17, 15) is 14.4 Å². The molecule has 3 heterocycles. The summed E-state index contributed by atoms with van der Waals surface area (Å²) in [5.74, 6) is -1.65. The first-order valence-corrected chi connectivity index (χ1v) is 10.6. The highest BCUT2D eigenvalue weighted by Crippen LogP contribution is 2.46. The summed E-state index contributed by atoms with van der Waals surface area (Å²) in [6, 6.07) is 16.1. The maximum atomic E-state index is 13.3. The van der Waals surface area contributed by atoms with Gasteiger partial charge in [0, 0.05) is 16.9 Å². The summed E-state index contributed by atoms with van der Waals surface area (Å²) in [6.45, 7) is 0.548. The molecule has 2 saturated heterocycles. The molecule has 0 N–H and O–H groups in total. The van der Waals surface area contributed by atoms with Crippen LogP contribution in [0.15, 0.2) is 71.2 Å². The van der Waals surface area contributed by atoms with Crippen molar-refractivity contribution < 1.29 is 19.1 Å². The Bertz CT molecular complexity index is 1040. The van der Waals surface area contributed by atoms with Crippen LogP contribution in [-0.4, -0.2) is 35.4 Å². The number of hydrogen-bond acceptors (Lipinski definition) is 4. The minimum absolute atomic E-state index is 0.170. The molecule has 2 aromatic rings. The van der Waals surface area contributed by atoms with E-state index in [1.165, 1.54) is 4.90 Å². The van der Waals surface area contributed by atoms with Crippen molar-refractivity contribution >= 4 is 39.5 Å².